The van der Waals surface area contributed by atoms with E-state index in [1.165, 1.54) is 6.08 Å². The van der Waals surface area contributed by atoms with Crippen molar-refractivity contribution in [2.24, 2.45) is 0 Å². The molecule has 0 aliphatic rings. The molecule has 0 rings (SSSR count). The molecule has 1 amide bonds. The van der Waals surface area contributed by atoms with Crippen molar-refractivity contribution in [3.63, 3.8) is 0 Å². The zero-order chi connectivity index (χ0) is 9.78. The van der Waals surface area contributed by atoms with E-state index >= 15 is 0 Å². The Bertz CT molecular complexity index is 216. The third-order valence-electron chi connectivity index (χ3n) is 1.07. The van der Waals surface area contributed by atoms with Gasteiger partial charge < -0.3 is 0 Å². The second-order valence-electron chi connectivity index (χ2n) is 3.35. The van der Waals surface area contributed by atoms with Crippen LogP contribution in [0.5, 0.6) is 0 Å². The molecule has 0 aromatic heterocycles. The first-order chi connectivity index (χ1) is 5.38. The van der Waals surface area contributed by atoms with Gasteiger partial charge in [-0.2, -0.15) is 0 Å². The van der Waals surface area contributed by atoms with Crippen molar-refractivity contribution in [1.29, 1.82) is 0 Å². The molecule has 0 radical (unpaired) electrons. The third kappa shape index (κ3) is 4.28. The first-order valence-electron chi connectivity index (χ1n) is 3.73. The minimum absolute atomic E-state index is 0.314. The highest BCUT2D eigenvalue weighted by atomic mass is 32.2. The maximum atomic E-state index is 11.3. The number of amides is 1. The number of hydrogen-bond acceptors (Lipinski definition) is 2. The SMILES string of the molecule is C/C=C/C(=O)N[S@@](=O)C(C)(C)C. The Morgan fingerprint density at radius 1 is 1.42 bits per heavy atom. The van der Waals surface area contributed by atoms with Gasteiger partial charge in [0.2, 0.25) is 0 Å². The summed E-state index contributed by atoms with van der Waals surface area (Å²) in [7, 11) is -1.32. The monoisotopic (exact) mass is 189 g/mol. The van der Waals surface area contributed by atoms with Gasteiger partial charge in [-0.15, -0.1) is 0 Å². The minimum atomic E-state index is -1.32. The summed E-state index contributed by atoms with van der Waals surface area (Å²) in [4.78, 5) is 10.9. The van der Waals surface area contributed by atoms with Crippen LogP contribution in [0.1, 0.15) is 27.7 Å². The summed E-state index contributed by atoms with van der Waals surface area (Å²) in [6.07, 6.45) is 2.96. The van der Waals surface area contributed by atoms with E-state index in [1.807, 2.05) is 0 Å². The average molecular weight is 189 g/mol. The van der Waals surface area contributed by atoms with E-state index in [9.17, 15) is 9.00 Å². The molecular weight excluding hydrogens is 174 g/mol. The van der Waals surface area contributed by atoms with Crippen molar-refractivity contribution < 1.29 is 9.00 Å². The Morgan fingerprint density at radius 2 is 1.92 bits per heavy atom. The van der Waals surface area contributed by atoms with Crippen LogP contribution in [0.2, 0.25) is 0 Å². The second-order valence-corrected chi connectivity index (χ2v) is 5.31. The molecule has 1 N–H and O–H groups in total. The maximum absolute atomic E-state index is 11.3. The van der Waals surface area contributed by atoms with Crippen LogP contribution in [0.15, 0.2) is 12.2 Å². The van der Waals surface area contributed by atoms with E-state index < -0.39 is 15.7 Å². The summed E-state index contributed by atoms with van der Waals surface area (Å²) < 4.78 is 13.3. The van der Waals surface area contributed by atoms with Crippen LogP contribution in [0, 0.1) is 0 Å². The Hall–Kier alpha value is -0.640. The van der Waals surface area contributed by atoms with E-state index in [0.717, 1.165) is 0 Å². The molecule has 0 fully saturated rings. The highest BCUT2D eigenvalue weighted by Crippen LogP contribution is 2.08. The molecule has 0 saturated heterocycles. The summed E-state index contributed by atoms with van der Waals surface area (Å²) in [6, 6.07) is 0. The van der Waals surface area contributed by atoms with Gasteiger partial charge in [-0.05, 0) is 33.8 Å². The molecule has 0 aliphatic heterocycles. The lowest BCUT2D eigenvalue weighted by molar-refractivity contribution is -0.114. The topological polar surface area (TPSA) is 46.2 Å². The van der Waals surface area contributed by atoms with Crippen LogP contribution in [0.25, 0.3) is 0 Å². The van der Waals surface area contributed by atoms with Gasteiger partial charge in [-0.25, -0.2) is 4.21 Å². The number of hydrogen-bond donors (Lipinski definition) is 1. The molecule has 0 spiro atoms. The molecule has 0 aromatic carbocycles. The Kier molecular flexibility index (Phi) is 4.17. The molecule has 0 bridgehead atoms. The predicted molar refractivity (Wildman–Crippen MR) is 50.9 cm³/mol. The van der Waals surface area contributed by atoms with Gasteiger partial charge in [0.1, 0.15) is 11.0 Å². The summed E-state index contributed by atoms with van der Waals surface area (Å²) in [5, 5.41) is 0. The van der Waals surface area contributed by atoms with Crippen LogP contribution < -0.4 is 4.72 Å². The van der Waals surface area contributed by atoms with E-state index in [0.29, 0.717) is 0 Å². The van der Waals surface area contributed by atoms with Gasteiger partial charge in [0, 0.05) is 0 Å². The first kappa shape index (κ1) is 11.4. The van der Waals surface area contributed by atoms with Gasteiger partial charge in [0.25, 0.3) is 5.91 Å². The molecule has 3 nitrogen and oxygen atoms in total. The second kappa shape index (κ2) is 4.40. The van der Waals surface area contributed by atoms with Crippen molar-refractivity contribution in [1.82, 2.24) is 4.72 Å². The van der Waals surface area contributed by atoms with Crippen LogP contribution in [0.3, 0.4) is 0 Å². The molecule has 0 unspecified atom stereocenters. The van der Waals surface area contributed by atoms with E-state index in [-0.39, 0.29) is 5.91 Å². The van der Waals surface area contributed by atoms with Crippen molar-refractivity contribution in [2.75, 3.05) is 0 Å². The van der Waals surface area contributed by atoms with Crippen molar-refractivity contribution in [3.05, 3.63) is 12.2 Å². The van der Waals surface area contributed by atoms with Gasteiger partial charge in [0.15, 0.2) is 0 Å². The lowest BCUT2D eigenvalue weighted by atomic mass is 10.3. The lowest BCUT2D eigenvalue weighted by Gasteiger charge is -2.16. The molecule has 12 heavy (non-hydrogen) atoms. The summed E-state index contributed by atoms with van der Waals surface area (Å²) in [5.41, 5.74) is 0. The Morgan fingerprint density at radius 3 is 2.25 bits per heavy atom. The number of carbonyl (C=O) groups is 1. The van der Waals surface area contributed by atoms with E-state index in [1.54, 1.807) is 33.8 Å². The van der Waals surface area contributed by atoms with Gasteiger partial charge >= 0.3 is 0 Å². The largest absolute Gasteiger partial charge is 0.271 e. The molecular formula is C8H15NO2S. The average Bonchev–Trinajstić information content (AvgIpc) is 1.85. The highest BCUT2D eigenvalue weighted by Gasteiger charge is 2.20. The predicted octanol–water partition coefficient (Wildman–Crippen LogP) is 1.14. The van der Waals surface area contributed by atoms with Crippen LogP contribution >= 0.6 is 0 Å². The first-order valence-corrected chi connectivity index (χ1v) is 4.88. The van der Waals surface area contributed by atoms with Crippen molar-refractivity contribution in [3.8, 4) is 0 Å². The molecule has 4 heteroatoms. The summed E-state index contributed by atoms with van der Waals surface area (Å²) in [6.45, 7) is 7.15. The van der Waals surface area contributed by atoms with Crippen LogP contribution in [0.4, 0.5) is 0 Å². The minimum Gasteiger partial charge on any atom is -0.271 e. The van der Waals surface area contributed by atoms with E-state index in [2.05, 4.69) is 4.72 Å². The normalized spacial score (nSPS) is 14.7. The quantitative estimate of drug-likeness (QED) is 0.662. The zero-order valence-corrected chi connectivity index (χ0v) is 8.70. The number of allylic oxidation sites excluding steroid dienone is 1. The molecule has 0 heterocycles. The van der Waals surface area contributed by atoms with Crippen molar-refractivity contribution in [2.45, 2.75) is 32.4 Å². The fourth-order valence-electron chi connectivity index (χ4n) is 0.430. The lowest BCUT2D eigenvalue weighted by Crippen LogP contribution is -2.36. The molecule has 0 aliphatic carbocycles. The van der Waals surface area contributed by atoms with Crippen molar-refractivity contribution >= 4 is 16.9 Å². The van der Waals surface area contributed by atoms with Crippen LogP contribution in [-0.2, 0) is 15.8 Å². The maximum Gasteiger partial charge on any atom is 0.255 e. The molecule has 0 saturated carbocycles. The van der Waals surface area contributed by atoms with Gasteiger partial charge in [-0.3, -0.25) is 9.52 Å². The fourth-order valence-corrected chi connectivity index (χ4v) is 0.987. The fraction of sp³-hybridized carbons (Fsp3) is 0.625. The Labute approximate surface area is 75.8 Å². The zero-order valence-electron chi connectivity index (χ0n) is 7.88. The number of carbonyl (C=O) groups excluding carboxylic acids is 1. The Balaban J connectivity index is 4.11. The third-order valence-corrected chi connectivity index (χ3v) is 2.57. The van der Waals surface area contributed by atoms with E-state index in [4.69, 9.17) is 0 Å². The molecule has 0 aromatic rings. The van der Waals surface area contributed by atoms with Gasteiger partial charge in [-0.1, -0.05) is 6.08 Å². The van der Waals surface area contributed by atoms with Gasteiger partial charge in [0.05, 0.1) is 4.75 Å². The summed E-state index contributed by atoms with van der Waals surface area (Å²) in [5.74, 6) is -0.314. The molecule has 1 atom stereocenters. The smallest absolute Gasteiger partial charge is 0.255 e. The standard InChI is InChI=1S/C8H15NO2S/c1-5-6-7(10)9-12(11)8(2,3)4/h5-6H,1-4H3,(H,9,10)/b6-5+/t12-/m0/s1. The number of nitrogens with one attached hydrogen (secondary N) is 1. The highest BCUT2D eigenvalue weighted by molar-refractivity contribution is 7.85. The van der Waals surface area contributed by atoms with Crippen LogP contribution in [-0.4, -0.2) is 14.9 Å². The molecule has 70 valence electrons. The number of rotatable bonds is 2. The summed E-state index contributed by atoms with van der Waals surface area (Å²) >= 11 is 0.